The van der Waals surface area contributed by atoms with Gasteiger partial charge in [-0.05, 0) is 42.8 Å². The fourth-order valence-corrected chi connectivity index (χ4v) is 2.19. The Hall–Kier alpha value is -3.35. The summed E-state index contributed by atoms with van der Waals surface area (Å²) in [5.41, 5.74) is 0.782. The van der Waals surface area contributed by atoms with Gasteiger partial charge in [0.15, 0.2) is 23.0 Å². The Morgan fingerprint density at radius 1 is 1.28 bits per heavy atom. The fraction of sp³-hybridized carbons (Fsp3) is 0.167. The third-order valence-corrected chi connectivity index (χ3v) is 3.18. The Kier molecular flexibility index (Phi) is 4.65. The van der Waals surface area contributed by atoms with Crippen molar-refractivity contribution in [3.05, 3.63) is 53.6 Å². The quantitative estimate of drug-likeness (QED) is 0.472. The Labute approximate surface area is 143 Å². The predicted octanol–water partition coefficient (Wildman–Crippen LogP) is 2.95. The van der Waals surface area contributed by atoms with E-state index in [4.69, 9.17) is 18.6 Å². The molecule has 0 saturated heterocycles. The number of nitrogens with zero attached hydrogens (tertiary/aromatic N) is 1. The first-order chi connectivity index (χ1) is 12.1. The summed E-state index contributed by atoms with van der Waals surface area (Å²) >= 11 is 0. The van der Waals surface area contributed by atoms with Crippen LogP contribution < -0.4 is 9.47 Å². The van der Waals surface area contributed by atoms with Crippen molar-refractivity contribution in [3.8, 4) is 11.5 Å². The lowest BCUT2D eigenvalue weighted by molar-refractivity contribution is -0.132. The van der Waals surface area contributed by atoms with Gasteiger partial charge in [-0.15, -0.1) is 0 Å². The van der Waals surface area contributed by atoms with Gasteiger partial charge in [-0.1, -0.05) is 6.07 Å². The number of aliphatic imine (C=N–C) groups is 1. The molecule has 1 aromatic carbocycles. The minimum absolute atomic E-state index is 0.114. The molecule has 0 aliphatic carbocycles. The fourth-order valence-electron chi connectivity index (χ4n) is 2.19. The second-order valence-corrected chi connectivity index (χ2v) is 5.05. The largest absolute Gasteiger partial charge is 0.490 e. The van der Waals surface area contributed by atoms with Crippen molar-refractivity contribution in [2.75, 3.05) is 6.61 Å². The van der Waals surface area contributed by atoms with Crippen molar-refractivity contribution in [3.63, 3.8) is 0 Å². The van der Waals surface area contributed by atoms with Crippen molar-refractivity contribution in [1.29, 1.82) is 0 Å². The second kappa shape index (κ2) is 7.04. The molecule has 25 heavy (non-hydrogen) atoms. The number of hydrogen-bond donors (Lipinski definition) is 0. The lowest BCUT2D eigenvalue weighted by Crippen LogP contribution is -2.04. The van der Waals surface area contributed by atoms with Crippen molar-refractivity contribution < 1.29 is 28.2 Å². The van der Waals surface area contributed by atoms with Gasteiger partial charge in [0.25, 0.3) is 5.90 Å². The Bertz CT molecular complexity index is 864. The molecule has 2 aromatic rings. The van der Waals surface area contributed by atoms with E-state index in [-0.39, 0.29) is 11.6 Å². The SMILES string of the molecule is CCOc1cc(/C=C2/N=C(c3ccco3)OC2=O)ccc1OC(C)=O. The van der Waals surface area contributed by atoms with Gasteiger partial charge in [0.1, 0.15) is 0 Å². The summed E-state index contributed by atoms with van der Waals surface area (Å²) in [6, 6.07) is 8.26. The van der Waals surface area contributed by atoms with Crippen LogP contribution in [0.15, 0.2) is 51.7 Å². The van der Waals surface area contributed by atoms with E-state index in [1.54, 1.807) is 36.4 Å². The van der Waals surface area contributed by atoms with Gasteiger partial charge < -0.3 is 18.6 Å². The molecular formula is C18H15NO6. The van der Waals surface area contributed by atoms with Gasteiger partial charge in [0, 0.05) is 6.92 Å². The second-order valence-electron chi connectivity index (χ2n) is 5.05. The molecule has 0 amide bonds. The highest BCUT2D eigenvalue weighted by molar-refractivity contribution is 6.11. The minimum atomic E-state index is -0.576. The maximum Gasteiger partial charge on any atom is 0.363 e. The summed E-state index contributed by atoms with van der Waals surface area (Å²) < 4.78 is 20.8. The number of carbonyl (C=O) groups excluding carboxylic acids is 2. The van der Waals surface area contributed by atoms with Crippen molar-refractivity contribution >= 4 is 23.9 Å². The molecule has 0 atom stereocenters. The lowest BCUT2D eigenvalue weighted by Gasteiger charge is -2.10. The standard InChI is InChI=1S/C18H15NO6/c1-3-22-16-10-12(6-7-14(16)24-11(2)20)9-13-18(21)25-17(19-13)15-5-4-8-23-15/h4-10H,3H2,1-2H3/b13-9+. The van der Waals surface area contributed by atoms with E-state index in [0.717, 1.165) is 0 Å². The molecule has 7 heteroatoms. The van der Waals surface area contributed by atoms with Gasteiger partial charge in [-0.25, -0.2) is 9.79 Å². The number of esters is 2. The molecule has 0 radical (unpaired) electrons. The highest BCUT2D eigenvalue weighted by Crippen LogP contribution is 2.30. The van der Waals surface area contributed by atoms with E-state index < -0.39 is 11.9 Å². The highest BCUT2D eigenvalue weighted by Gasteiger charge is 2.25. The number of rotatable bonds is 5. The Morgan fingerprint density at radius 3 is 2.80 bits per heavy atom. The summed E-state index contributed by atoms with van der Waals surface area (Å²) in [5, 5.41) is 0. The molecule has 3 rings (SSSR count). The van der Waals surface area contributed by atoms with Crippen LogP contribution in [0.3, 0.4) is 0 Å². The average molecular weight is 341 g/mol. The van der Waals surface area contributed by atoms with Crippen molar-refractivity contribution in [2.45, 2.75) is 13.8 Å². The molecule has 1 aliphatic heterocycles. The van der Waals surface area contributed by atoms with Crippen LogP contribution in [0.1, 0.15) is 25.2 Å². The van der Waals surface area contributed by atoms with Crippen molar-refractivity contribution in [1.82, 2.24) is 0 Å². The molecule has 1 aromatic heterocycles. The number of ether oxygens (including phenoxy) is 3. The molecule has 0 fully saturated rings. The van der Waals surface area contributed by atoms with Crippen LogP contribution in [-0.2, 0) is 14.3 Å². The van der Waals surface area contributed by atoms with Crippen LogP contribution in [0.25, 0.3) is 6.08 Å². The van der Waals surface area contributed by atoms with Crippen LogP contribution in [0, 0.1) is 0 Å². The summed E-state index contributed by atoms with van der Waals surface area (Å²) in [5.74, 6) is 0.172. The zero-order valence-electron chi connectivity index (χ0n) is 13.6. The molecule has 2 heterocycles. The summed E-state index contributed by atoms with van der Waals surface area (Å²) in [6.45, 7) is 3.53. The van der Waals surface area contributed by atoms with Crippen LogP contribution in [-0.4, -0.2) is 24.4 Å². The molecule has 0 saturated carbocycles. The number of benzene rings is 1. The van der Waals surface area contributed by atoms with Crippen LogP contribution in [0.5, 0.6) is 11.5 Å². The van der Waals surface area contributed by atoms with Gasteiger partial charge in [0.2, 0.25) is 0 Å². The zero-order chi connectivity index (χ0) is 17.8. The molecular weight excluding hydrogens is 326 g/mol. The smallest absolute Gasteiger partial charge is 0.363 e. The maximum atomic E-state index is 12.0. The van der Waals surface area contributed by atoms with Gasteiger partial charge in [-0.2, -0.15) is 0 Å². The average Bonchev–Trinajstić information content (AvgIpc) is 3.20. The molecule has 0 spiro atoms. The van der Waals surface area contributed by atoms with E-state index in [2.05, 4.69) is 4.99 Å². The number of furan rings is 1. The number of carbonyl (C=O) groups is 2. The molecule has 0 bridgehead atoms. The topological polar surface area (TPSA) is 87.3 Å². The van der Waals surface area contributed by atoms with E-state index in [1.165, 1.54) is 13.2 Å². The van der Waals surface area contributed by atoms with Crippen LogP contribution in [0.2, 0.25) is 0 Å². The number of hydrogen-bond acceptors (Lipinski definition) is 7. The van der Waals surface area contributed by atoms with Crippen LogP contribution in [0.4, 0.5) is 0 Å². The van der Waals surface area contributed by atoms with Gasteiger partial charge >= 0.3 is 11.9 Å². The maximum absolute atomic E-state index is 12.0. The van der Waals surface area contributed by atoms with E-state index in [0.29, 0.717) is 29.4 Å². The van der Waals surface area contributed by atoms with Gasteiger partial charge in [-0.3, -0.25) is 4.79 Å². The lowest BCUT2D eigenvalue weighted by atomic mass is 10.1. The van der Waals surface area contributed by atoms with E-state index in [1.807, 2.05) is 6.92 Å². The summed E-state index contributed by atoms with van der Waals surface area (Å²) in [7, 11) is 0. The first-order valence-corrected chi connectivity index (χ1v) is 7.58. The summed E-state index contributed by atoms with van der Waals surface area (Å²) in [4.78, 5) is 27.2. The molecule has 0 N–H and O–H groups in total. The Morgan fingerprint density at radius 2 is 2.12 bits per heavy atom. The monoisotopic (exact) mass is 341 g/mol. The molecule has 128 valence electrons. The summed E-state index contributed by atoms with van der Waals surface area (Å²) in [6.07, 6.45) is 3.02. The molecule has 0 unspecified atom stereocenters. The van der Waals surface area contributed by atoms with Crippen LogP contribution >= 0.6 is 0 Å². The number of cyclic esters (lactones) is 1. The highest BCUT2D eigenvalue weighted by atomic mass is 16.6. The van der Waals surface area contributed by atoms with Crippen molar-refractivity contribution in [2.24, 2.45) is 4.99 Å². The zero-order valence-corrected chi connectivity index (χ0v) is 13.6. The Balaban J connectivity index is 1.91. The molecule has 1 aliphatic rings. The minimum Gasteiger partial charge on any atom is -0.490 e. The normalized spacial score (nSPS) is 15.0. The first-order valence-electron chi connectivity index (χ1n) is 7.58. The van der Waals surface area contributed by atoms with E-state index in [9.17, 15) is 9.59 Å². The predicted molar refractivity (Wildman–Crippen MR) is 88.2 cm³/mol. The third kappa shape index (κ3) is 3.77. The van der Waals surface area contributed by atoms with E-state index >= 15 is 0 Å². The first kappa shape index (κ1) is 16.5. The third-order valence-electron chi connectivity index (χ3n) is 3.18. The molecule has 7 nitrogen and oxygen atoms in total. The van der Waals surface area contributed by atoms with Gasteiger partial charge in [0.05, 0.1) is 12.9 Å².